The number of amides is 2. The summed E-state index contributed by atoms with van der Waals surface area (Å²) in [6, 6.07) is -0.642. The molecular weight excluding hydrogens is 264 g/mol. The Morgan fingerprint density at radius 1 is 1.06 bits per heavy atom. The first kappa shape index (κ1) is 14.4. The van der Waals surface area contributed by atoms with Crippen LogP contribution in [0.1, 0.15) is 0 Å². The van der Waals surface area contributed by atoms with Gasteiger partial charge in [0, 0.05) is 35.4 Å². The van der Waals surface area contributed by atoms with Crippen LogP contribution >= 0.6 is 0 Å². The predicted molar refractivity (Wildman–Crippen MR) is 61.7 cm³/mol. The zero-order valence-electron chi connectivity index (χ0n) is 9.57. The van der Waals surface area contributed by atoms with Crippen LogP contribution in [0, 0.1) is 0 Å². The van der Waals surface area contributed by atoms with E-state index in [0.717, 1.165) is 4.90 Å². The van der Waals surface area contributed by atoms with E-state index in [0.29, 0.717) is 11.5 Å². The minimum absolute atomic E-state index is 0.251. The largest absolute Gasteiger partial charge is 0.480 e. The first-order valence-corrected chi connectivity index (χ1v) is 6.71. The molecule has 0 saturated carbocycles. The Morgan fingerprint density at radius 2 is 1.50 bits per heavy atom. The van der Waals surface area contributed by atoms with Gasteiger partial charge in [-0.15, -0.1) is 0 Å². The van der Waals surface area contributed by atoms with Crippen LogP contribution in [0.3, 0.4) is 0 Å². The number of carboxylic acids is 2. The van der Waals surface area contributed by atoms with Crippen molar-refractivity contribution in [3.8, 4) is 0 Å². The van der Waals surface area contributed by atoms with Crippen molar-refractivity contribution in [2.24, 2.45) is 0 Å². The molecule has 0 bridgehead atoms. The van der Waals surface area contributed by atoms with Crippen molar-refractivity contribution in [1.29, 1.82) is 0 Å². The van der Waals surface area contributed by atoms with Gasteiger partial charge in [-0.2, -0.15) is 0 Å². The Bertz CT molecular complexity index is 359. The van der Waals surface area contributed by atoms with Crippen molar-refractivity contribution in [2.45, 2.75) is 0 Å². The van der Waals surface area contributed by atoms with E-state index in [1.54, 1.807) is 0 Å². The minimum atomic E-state index is -1.27. The highest BCUT2D eigenvalue weighted by atomic mass is 32.2. The third-order valence-electron chi connectivity index (χ3n) is 2.37. The van der Waals surface area contributed by atoms with Crippen LogP contribution in [-0.4, -0.2) is 79.9 Å². The van der Waals surface area contributed by atoms with Gasteiger partial charge < -0.3 is 20.0 Å². The average molecular weight is 278 g/mol. The van der Waals surface area contributed by atoms with Crippen molar-refractivity contribution in [3.05, 3.63) is 0 Å². The monoisotopic (exact) mass is 278 g/mol. The molecule has 1 saturated heterocycles. The Morgan fingerprint density at radius 3 is 1.89 bits per heavy atom. The number of carbonyl (C=O) groups excluding carboxylic acids is 1. The molecule has 1 aliphatic rings. The van der Waals surface area contributed by atoms with Gasteiger partial charge >= 0.3 is 18.0 Å². The molecule has 0 aromatic heterocycles. The number of rotatable bonds is 4. The maximum atomic E-state index is 11.9. The van der Waals surface area contributed by atoms with Crippen LogP contribution in [-0.2, 0) is 20.4 Å². The van der Waals surface area contributed by atoms with Crippen molar-refractivity contribution >= 4 is 28.8 Å². The summed E-state index contributed by atoms with van der Waals surface area (Å²) in [5, 5.41) is 17.3. The van der Waals surface area contributed by atoms with Crippen LogP contribution in [0.5, 0.6) is 0 Å². The van der Waals surface area contributed by atoms with Gasteiger partial charge in [0.2, 0.25) is 0 Å². The molecule has 0 atom stereocenters. The van der Waals surface area contributed by atoms with Gasteiger partial charge in [-0.25, -0.2) is 4.79 Å². The average Bonchev–Trinajstić information content (AvgIpc) is 2.27. The summed E-state index contributed by atoms with van der Waals surface area (Å²) in [4.78, 5) is 35.1. The fourth-order valence-electron chi connectivity index (χ4n) is 1.55. The molecule has 1 aliphatic heterocycles. The predicted octanol–water partition coefficient (Wildman–Crippen LogP) is -1.36. The molecule has 102 valence electrons. The summed E-state index contributed by atoms with van der Waals surface area (Å²) >= 11 is 0. The maximum Gasteiger partial charge on any atom is 0.323 e. The van der Waals surface area contributed by atoms with E-state index in [1.807, 2.05) is 0 Å². The molecule has 9 heteroatoms. The molecule has 0 aromatic carbocycles. The number of hydrogen-bond acceptors (Lipinski definition) is 4. The van der Waals surface area contributed by atoms with Crippen molar-refractivity contribution in [1.82, 2.24) is 9.80 Å². The number of carbonyl (C=O) groups is 3. The zero-order valence-corrected chi connectivity index (χ0v) is 10.4. The SMILES string of the molecule is O=C(O)CN(CC(=O)O)C(=O)N1CCS(=O)CC1. The first-order chi connectivity index (χ1) is 8.40. The number of aliphatic carboxylic acids is 2. The van der Waals surface area contributed by atoms with Gasteiger partial charge in [0.25, 0.3) is 0 Å². The zero-order chi connectivity index (χ0) is 13.7. The van der Waals surface area contributed by atoms with Gasteiger partial charge in [0.05, 0.1) is 0 Å². The van der Waals surface area contributed by atoms with Crippen LogP contribution in [0.2, 0.25) is 0 Å². The third-order valence-corrected chi connectivity index (χ3v) is 3.65. The van der Waals surface area contributed by atoms with Crippen LogP contribution in [0.15, 0.2) is 0 Å². The molecule has 18 heavy (non-hydrogen) atoms. The number of nitrogens with zero attached hydrogens (tertiary/aromatic N) is 2. The molecule has 0 aliphatic carbocycles. The lowest BCUT2D eigenvalue weighted by molar-refractivity contribution is -0.140. The second-order valence-electron chi connectivity index (χ2n) is 3.76. The van der Waals surface area contributed by atoms with E-state index in [4.69, 9.17) is 10.2 Å². The molecule has 0 unspecified atom stereocenters. The Labute approximate surface area is 106 Å². The van der Waals surface area contributed by atoms with E-state index in [2.05, 4.69) is 0 Å². The molecule has 2 N–H and O–H groups in total. The van der Waals surface area contributed by atoms with Gasteiger partial charge in [-0.05, 0) is 0 Å². The second-order valence-corrected chi connectivity index (χ2v) is 5.46. The lowest BCUT2D eigenvalue weighted by Crippen LogP contribution is -2.51. The Hall–Kier alpha value is -1.64. The fraction of sp³-hybridized carbons (Fsp3) is 0.667. The van der Waals surface area contributed by atoms with E-state index in [9.17, 15) is 18.6 Å². The van der Waals surface area contributed by atoms with Gasteiger partial charge in [-0.1, -0.05) is 0 Å². The third kappa shape index (κ3) is 4.32. The molecule has 0 radical (unpaired) electrons. The van der Waals surface area contributed by atoms with Gasteiger partial charge in [-0.3, -0.25) is 13.8 Å². The second kappa shape index (κ2) is 6.34. The highest BCUT2D eigenvalue weighted by molar-refractivity contribution is 7.85. The molecule has 8 nitrogen and oxygen atoms in total. The fourth-order valence-corrected chi connectivity index (χ4v) is 2.60. The van der Waals surface area contributed by atoms with E-state index >= 15 is 0 Å². The molecule has 2 amide bonds. The summed E-state index contributed by atoms with van der Waals surface area (Å²) in [6.45, 7) is -0.822. The van der Waals surface area contributed by atoms with E-state index < -0.39 is 41.9 Å². The Kier molecular flexibility index (Phi) is 5.08. The summed E-state index contributed by atoms with van der Waals surface area (Å²) in [5.41, 5.74) is 0. The number of carboxylic acid groups (broad SMARTS) is 2. The lowest BCUT2D eigenvalue weighted by atomic mass is 10.4. The number of urea groups is 1. The molecule has 0 aromatic rings. The summed E-state index contributed by atoms with van der Waals surface area (Å²) in [6.07, 6.45) is 0. The highest BCUT2D eigenvalue weighted by Crippen LogP contribution is 2.05. The molecule has 1 fully saturated rings. The molecular formula is C9H14N2O6S. The standard InChI is InChI=1S/C9H14N2O6S/c12-7(13)5-11(6-8(14)15)9(16)10-1-3-18(17)4-2-10/h1-6H2,(H,12,13)(H,14,15). The van der Waals surface area contributed by atoms with Crippen LogP contribution < -0.4 is 0 Å². The molecule has 1 heterocycles. The smallest absolute Gasteiger partial charge is 0.323 e. The normalized spacial score (nSPS) is 16.3. The van der Waals surface area contributed by atoms with E-state index in [-0.39, 0.29) is 13.1 Å². The van der Waals surface area contributed by atoms with Crippen LogP contribution in [0.4, 0.5) is 4.79 Å². The molecule has 1 rings (SSSR count). The van der Waals surface area contributed by atoms with Crippen molar-refractivity contribution < 1.29 is 28.8 Å². The highest BCUT2D eigenvalue weighted by Gasteiger charge is 2.27. The minimum Gasteiger partial charge on any atom is -0.480 e. The summed E-state index contributed by atoms with van der Waals surface area (Å²) < 4.78 is 11.1. The first-order valence-electron chi connectivity index (χ1n) is 5.22. The van der Waals surface area contributed by atoms with Crippen molar-refractivity contribution in [2.75, 3.05) is 37.7 Å². The Balaban J connectivity index is 2.65. The van der Waals surface area contributed by atoms with Gasteiger partial charge in [0.1, 0.15) is 13.1 Å². The summed E-state index contributed by atoms with van der Waals surface area (Å²) in [5.74, 6) is -1.88. The quantitative estimate of drug-likeness (QED) is 0.656. The van der Waals surface area contributed by atoms with Gasteiger partial charge in [0.15, 0.2) is 0 Å². The topological polar surface area (TPSA) is 115 Å². The van der Waals surface area contributed by atoms with Crippen LogP contribution in [0.25, 0.3) is 0 Å². The summed E-state index contributed by atoms with van der Waals surface area (Å²) in [7, 11) is -0.957. The number of hydrogen-bond donors (Lipinski definition) is 2. The van der Waals surface area contributed by atoms with E-state index in [1.165, 1.54) is 4.90 Å². The lowest BCUT2D eigenvalue weighted by Gasteiger charge is -2.31. The van der Waals surface area contributed by atoms with Crippen molar-refractivity contribution in [3.63, 3.8) is 0 Å². The maximum absolute atomic E-state index is 11.9. The molecule has 0 spiro atoms.